The lowest BCUT2D eigenvalue weighted by atomic mass is 9.96. The van der Waals surface area contributed by atoms with Gasteiger partial charge in [0.2, 0.25) is 11.8 Å². The van der Waals surface area contributed by atoms with Crippen LogP contribution in [0.25, 0.3) is 0 Å². The summed E-state index contributed by atoms with van der Waals surface area (Å²) in [6, 6.07) is 11.2. The van der Waals surface area contributed by atoms with E-state index in [0.29, 0.717) is 0 Å². The Bertz CT molecular complexity index is 1330. The second kappa shape index (κ2) is 15.9. The minimum atomic E-state index is -1.53. The molecule has 0 fully saturated rings. The molecule has 11 nitrogen and oxygen atoms in total. The fraction of sp³-hybridized carbons (Fsp3) is 0.455. The van der Waals surface area contributed by atoms with E-state index in [4.69, 9.17) is 15.9 Å². The lowest BCUT2D eigenvalue weighted by Gasteiger charge is -2.35. The third-order valence-corrected chi connectivity index (χ3v) is 6.06. The van der Waals surface area contributed by atoms with Crippen molar-refractivity contribution in [3.63, 3.8) is 0 Å². The van der Waals surface area contributed by atoms with Gasteiger partial charge in [-0.1, -0.05) is 54.5 Å². The monoisotopic (exact) mass is 609 g/mol. The van der Waals surface area contributed by atoms with Gasteiger partial charge in [0.1, 0.15) is 29.3 Å². The average Bonchev–Trinajstić information content (AvgIpc) is 2.94. The number of nitrogens with zero attached hydrogens (tertiary/aromatic N) is 1. The summed E-state index contributed by atoms with van der Waals surface area (Å²) < 4.78 is 10.8. The van der Waals surface area contributed by atoms with Gasteiger partial charge in [-0.05, 0) is 58.7 Å². The highest BCUT2D eigenvalue weighted by Gasteiger charge is 2.38. The predicted octanol–water partition coefficient (Wildman–Crippen LogP) is 2.48. The van der Waals surface area contributed by atoms with E-state index in [-0.39, 0.29) is 24.1 Å². The van der Waals surface area contributed by atoms with Gasteiger partial charge in [-0.25, -0.2) is 9.59 Å². The second-order valence-electron chi connectivity index (χ2n) is 12.1. The zero-order chi connectivity index (χ0) is 33.1. The summed E-state index contributed by atoms with van der Waals surface area (Å²) in [5, 5.41) is 25.1. The van der Waals surface area contributed by atoms with Crippen molar-refractivity contribution in [2.75, 3.05) is 19.8 Å². The van der Waals surface area contributed by atoms with Crippen molar-refractivity contribution in [1.82, 2.24) is 15.5 Å². The molecule has 0 aliphatic rings. The SMILES string of the molecule is C#Cc1ccccc1C(C(=O)NC(Cc1ccccc1)C(=O)OC(C)(C)C)N(CCO)C(=O)C(CO)NC(=O)OC(C)(C)C. The minimum Gasteiger partial charge on any atom is -0.458 e. The van der Waals surface area contributed by atoms with Crippen molar-refractivity contribution in [2.45, 2.75) is 77.3 Å². The van der Waals surface area contributed by atoms with Crippen molar-refractivity contribution < 1.29 is 38.9 Å². The van der Waals surface area contributed by atoms with Crippen LogP contribution in [0.2, 0.25) is 0 Å². The van der Waals surface area contributed by atoms with Crippen LogP contribution in [0.5, 0.6) is 0 Å². The Hall–Kier alpha value is -4.40. The minimum absolute atomic E-state index is 0.0818. The molecule has 0 bridgehead atoms. The van der Waals surface area contributed by atoms with E-state index < -0.39 is 66.4 Å². The van der Waals surface area contributed by atoms with E-state index >= 15 is 0 Å². The van der Waals surface area contributed by atoms with E-state index in [2.05, 4.69) is 16.6 Å². The number of terminal acetylenes is 1. The van der Waals surface area contributed by atoms with Crippen LogP contribution >= 0.6 is 0 Å². The van der Waals surface area contributed by atoms with Crippen molar-refractivity contribution in [1.29, 1.82) is 0 Å². The van der Waals surface area contributed by atoms with Crippen molar-refractivity contribution in [2.24, 2.45) is 0 Å². The topological polar surface area (TPSA) is 154 Å². The molecule has 0 heterocycles. The molecular weight excluding hydrogens is 566 g/mol. The first kappa shape index (κ1) is 35.8. The molecule has 0 saturated heterocycles. The maximum absolute atomic E-state index is 14.2. The van der Waals surface area contributed by atoms with Crippen LogP contribution in [0.4, 0.5) is 4.79 Å². The third kappa shape index (κ3) is 11.0. The molecule has 3 unspecified atom stereocenters. The number of rotatable bonds is 12. The highest BCUT2D eigenvalue weighted by Crippen LogP contribution is 2.26. The van der Waals surface area contributed by atoms with Gasteiger partial charge in [0.05, 0.1) is 13.2 Å². The van der Waals surface area contributed by atoms with Crippen LogP contribution in [-0.2, 0) is 30.3 Å². The molecule has 4 N–H and O–H groups in total. The zero-order valence-electron chi connectivity index (χ0n) is 26.1. The van der Waals surface area contributed by atoms with E-state index in [1.807, 2.05) is 6.07 Å². The number of benzene rings is 2. The molecule has 0 aliphatic carbocycles. The number of hydrogen-bond acceptors (Lipinski definition) is 8. The number of esters is 1. The van der Waals surface area contributed by atoms with Gasteiger partial charge in [-0.3, -0.25) is 9.59 Å². The van der Waals surface area contributed by atoms with Crippen LogP contribution < -0.4 is 10.6 Å². The quantitative estimate of drug-likeness (QED) is 0.211. The van der Waals surface area contributed by atoms with E-state index in [9.17, 15) is 29.4 Å². The Balaban J connectivity index is 2.58. The summed E-state index contributed by atoms with van der Waals surface area (Å²) in [5.41, 5.74) is -0.491. The number of amides is 3. The molecule has 0 aromatic heterocycles. The molecular formula is C33H43N3O8. The molecule has 238 valence electrons. The van der Waals surface area contributed by atoms with Crippen LogP contribution in [0.1, 0.15) is 64.3 Å². The largest absolute Gasteiger partial charge is 0.458 e. The summed E-state index contributed by atoms with van der Waals surface area (Å²) in [4.78, 5) is 54.8. The van der Waals surface area contributed by atoms with Crippen LogP contribution in [0, 0.1) is 12.3 Å². The van der Waals surface area contributed by atoms with Gasteiger partial charge in [-0.2, -0.15) is 0 Å². The molecule has 3 amide bonds. The average molecular weight is 610 g/mol. The highest BCUT2D eigenvalue weighted by atomic mass is 16.6. The summed E-state index contributed by atoms with van der Waals surface area (Å²) in [7, 11) is 0. The first-order valence-electron chi connectivity index (χ1n) is 14.2. The Morgan fingerprint density at radius 1 is 0.864 bits per heavy atom. The summed E-state index contributed by atoms with van der Waals surface area (Å²) >= 11 is 0. The molecule has 2 aromatic rings. The molecule has 44 heavy (non-hydrogen) atoms. The molecule has 3 atom stereocenters. The number of hydrogen-bond donors (Lipinski definition) is 4. The maximum atomic E-state index is 14.2. The third-order valence-electron chi connectivity index (χ3n) is 6.06. The van der Waals surface area contributed by atoms with Crippen molar-refractivity contribution in [3.05, 3.63) is 71.3 Å². The number of aliphatic hydroxyl groups excluding tert-OH is 2. The van der Waals surface area contributed by atoms with Gasteiger partial charge in [-0.15, -0.1) is 6.42 Å². The van der Waals surface area contributed by atoms with Crippen LogP contribution in [0.3, 0.4) is 0 Å². The molecule has 2 rings (SSSR count). The van der Waals surface area contributed by atoms with E-state index in [1.165, 1.54) is 0 Å². The number of nitrogens with one attached hydrogen (secondary N) is 2. The smallest absolute Gasteiger partial charge is 0.408 e. The van der Waals surface area contributed by atoms with Crippen molar-refractivity contribution >= 4 is 23.9 Å². The van der Waals surface area contributed by atoms with E-state index in [1.54, 1.807) is 90.1 Å². The summed E-state index contributed by atoms with van der Waals surface area (Å²) in [6.45, 7) is 8.22. The lowest BCUT2D eigenvalue weighted by Crippen LogP contribution is -2.56. The number of carbonyl (C=O) groups is 4. The van der Waals surface area contributed by atoms with Gasteiger partial charge in [0.15, 0.2) is 0 Å². The lowest BCUT2D eigenvalue weighted by molar-refractivity contribution is -0.159. The second-order valence-corrected chi connectivity index (χ2v) is 12.1. The molecule has 0 saturated carbocycles. The number of aliphatic hydroxyl groups is 2. The van der Waals surface area contributed by atoms with Gasteiger partial charge >= 0.3 is 12.1 Å². The highest BCUT2D eigenvalue weighted by molar-refractivity contribution is 5.94. The Kier molecular flexibility index (Phi) is 12.9. The van der Waals surface area contributed by atoms with Gasteiger partial charge in [0, 0.05) is 18.5 Å². The number of ether oxygens (including phenoxy) is 2. The van der Waals surface area contributed by atoms with Gasteiger partial charge < -0.3 is 35.2 Å². The normalized spacial score (nSPS) is 13.4. The summed E-state index contributed by atoms with van der Waals surface area (Å²) in [5.74, 6) is 0.120. The first-order valence-corrected chi connectivity index (χ1v) is 14.2. The summed E-state index contributed by atoms with van der Waals surface area (Å²) in [6.07, 6.45) is 4.86. The molecule has 0 spiro atoms. The number of carbonyl (C=O) groups excluding carboxylic acids is 4. The molecule has 11 heteroatoms. The Labute approximate surface area is 258 Å². The molecule has 0 aliphatic heterocycles. The molecule has 0 radical (unpaired) electrons. The number of alkyl carbamates (subject to hydrolysis) is 1. The standard InChI is InChI=1S/C33H43N3O8/c1-8-23-16-12-13-17-24(23)27(36(18-19-37)29(40)26(21-38)35-31(42)44-33(5,6)7)28(39)34-25(30(41)43-32(2,3)4)20-22-14-10-9-11-15-22/h1,9-17,25-27,37-38H,18-21H2,2-7H3,(H,34,39)(H,35,42). The predicted molar refractivity (Wildman–Crippen MR) is 164 cm³/mol. The van der Waals surface area contributed by atoms with Crippen molar-refractivity contribution in [3.8, 4) is 12.3 Å². The Morgan fingerprint density at radius 3 is 2.00 bits per heavy atom. The maximum Gasteiger partial charge on any atom is 0.408 e. The van der Waals surface area contributed by atoms with Crippen LogP contribution in [-0.4, -0.2) is 82.0 Å². The molecule has 2 aromatic carbocycles. The van der Waals surface area contributed by atoms with E-state index in [0.717, 1.165) is 10.5 Å². The Morgan fingerprint density at radius 2 is 1.45 bits per heavy atom. The van der Waals surface area contributed by atoms with Crippen LogP contribution in [0.15, 0.2) is 54.6 Å². The fourth-order valence-electron chi connectivity index (χ4n) is 4.29. The zero-order valence-corrected chi connectivity index (χ0v) is 26.1. The fourth-order valence-corrected chi connectivity index (χ4v) is 4.29. The van der Waals surface area contributed by atoms with Gasteiger partial charge in [0.25, 0.3) is 0 Å². The first-order chi connectivity index (χ1) is 20.6.